The fraction of sp³-hybridized carbons (Fsp3) is 0.571. The number of nitrogens with zero attached hydrogens (tertiary/aromatic N) is 2. The van der Waals surface area contributed by atoms with Crippen LogP contribution in [-0.2, 0) is 11.3 Å². The van der Waals surface area contributed by atoms with Crippen LogP contribution in [0.3, 0.4) is 0 Å². The van der Waals surface area contributed by atoms with E-state index in [1.807, 2.05) is 16.8 Å². The molecule has 0 radical (unpaired) electrons. The molecule has 0 saturated heterocycles. The van der Waals surface area contributed by atoms with Crippen molar-refractivity contribution in [3.8, 4) is 6.07 Å². The van der Waals surface area contributed by atoms with Crippen LogP contribution in [0.5, 0.6) is 0 Å². The average Bonchev–Trinajstić information content (AvgIpc) is 2.91. The molecule has 0 aromatic carbocycles. The number of amides is 1. The van der Waals surface area contributed by atoms with Crippen molar-refractivity contribution in [3.63, 3.8) is 0 Å². The van der Waals surface area contributed by atoms with Crippen molar-refractivity contribution in [2.75, 3.05) is 7.05 Å². The monoisotopic (exact) mass is 262 g/mol. The van der Waals surface area contributed by atoms with E-state index in [4.69, 9.17) is 0 Å². The van der Waals surface area contributed by atoms with E-state index in [-0.39, 0.29) is 5.91 Å². The zero-order chi connectivity index (χ0) is 13.0. The molecular formula is C14H18N2OS. The van der Waals surface area contributed by atoms with Gasteiger partial charge < -0.3 is 4.90 Å². The summed E-state index contributed by atoms with van der Waals surface area (Å²) >= 11 is 1.63. The second-order valence-electron chi connectivity index (χ2n) is 5.05. The summed E-state index contributed by atoms with van der Waals surface area (Å²) in [6.07, 6.45) is 4.56. The van der Waals surface area contributed by atoms with Crippen molar-refractivity contribution < 1.29 is 4.79 Å². The highest BCUT2D eigenvalue weighted by Gasteiger charge is 2.41. The highest BCUT2D eigenvalue weighted by atomic mass is 32.1. The lowest BCUT2D eigenvalue weighted by atomic mass is 9.74. The quantitative estimate of drug-likeness (QED) is 0.839. The molecule has 1 amide bonds. The van der Waals surface area contributed by atoms with Gasteiger partial charge in [0.05, 0.1) is 6.07 Å². The first kappa shape index (κ1) is 13.1. The van der Waals surface area contributed by atoms with Gasteiger partial charge in [-0.3, -0.25) is 4.79 Å². The Morgan fingerprint density at radius 2 is 2.22 bits per heavy atom. The van der Waals surface area contributed by atoms with E-state index < -0.39 is 5.41 Å². The van der Waals surface area contributed by atoms with Gasteiger partial charge in [-0.2, -0.15) is 16.6 Å². The molecule has 1 aliphatic carbocycles. The SMILES string of the molecule is CN(Cc1ccsc1)C(=O)C1(C#N)CCCCC1. The maximum atomic E-state index is 12.5. The zero-order valence-electron chi connectivity index (χ0n) is 10.7. The molecule has 0 bridgehead atoms. The third kappa shape index (κ3) is 2.56. The molecule has 0 atom stereocenters. The predicted octanol–water partition coefficient (Wildman–Crippen LogP) is 3.18. The Labute approximate surface area is 112 Å². The summed E-state index contributed by atoms with van der Waals surface area (Å²) in [4.78, 5) is 14.2. The lowest BCUT2D eigenvalue weighted by molar-refractivity contribution is -0.139. The Morgan fingerprint density at radius 3 is 2.78 bits per heavy atom. The number of thiophene rings is 1. The number of carbonyl (C=O) groups excluding carboxylic acids is 1. The second-order valence-corrected chi connectivity index (χ2v) is 5.83. The maximum absolute atomic E-state index is 12.5. The van der Waals surface area contributed by atoms with Crippen LogP contribution in [0.15, 0.2) is 16.8 Å². The van der Waals surface area contributed by atoms with Gasteiger partial charge in [0.25, 0.3) is 0 Å². The Balaban J connectivity index is 2.07. The molecule has 1 fully saturated rings. The van der Waals surface area contributed by atoms with Crippen LogP contribution in [-0.4, -0.2) is 17.9 Å². The van der Waals surface area contributed by atoms with Gasteiger partial charge in [-0.25, -0.2) is 0 Å². The van der Waals surface area contributed by atoms with Gasteiger partial charge in [-0.05, 0) is 35.2 Å². The van der Waals surface area contributed by atoms with Crippen LogP contribution in [0.1, 0.15) is 37.7 Å². The second kappa shape index (κ2) is 5.53. The first-order chi connectivity index (χ1) is 8.68. The third-order valence-corrected chi connectivity index (χ3v) is 4.41. The van der Waals surface area contributed by atoms with E-state index in [9.17, 15) is 10.1 Å². The first-order valence-corrected chi connectivity index (χ1v) is 7.30. The molecule has 0 aliphatic heterocycles. The van der Waals surface area contributed by atoms with Crippen LogP contribution in [0.2, 0.25) is 0 Å². The van der Waals surface area contributed by atoms with Crippen LogP contribution in [0.25, 0.3) is 0 Å². The molecule has 0 unspecified atom stereocenters. The number of hydrogen-bond acceptors (Lipinski definition) is 3. The standard InChI is InChI=1S/C14H18N2OS/c1-16(9-12-5-8-18-10-12)13(17)14(11-15)6-3-2-4-7-14/h5,8,10H,2-4,6-7,9H2,1H3. The summed E-state index contributed by atoms with van der Waals surface area (Å²) in [5, 5.41) is 13.4. The molecule has 1 heterocycles. The highest BCUT2D eigenvalue weighted by molar-refractivity contribution is 7.07. The number of carbonyl (C=O) groups is 1. The summed E-state index contributed by atoms with van der Waals surface area (Å²) in [7, 11) is 1.80. The van der Waals surface area contributed by atoms with E-state index in [0.29, 0.717) is 6.54 Å². The Bertz CT molecular complexity index is 441. The minimum absolute atomic E-state index is 0.00380. The van der Waals surface area contributed by atoms with E-state index >= 15 is 0 Å². The van der Waals surface area contributed by atoms with Gasteiger partial charge in [0.1, 0.15) is 5.41 Å². The number of hydrogen-bond donors (Lipinski definition) is 0. The largest absolute Gasteiger partial charge is 0.340 e. The first-order valence-electron chi connectivity index (χ1n) is 6.36. The van der Waals surface area contributed by atoms with E-state index in [2.05, 4.69) is 6.07 Å². The Morgan fingerprint density at radius 1 is 1.50 bits per heavy atom. The molecule has 1 aromatic rings. The fourth-order valence-electron chi connectivity index (χ4n) is 2.62. The summed E-state index contributed by atoms with van der Waals surface area (Å²) in [6.45, 7) is 0.603. The van der Waals surface area contributed by atoms with Gasteiger partial charge >= 0.3 is 0 Å². The minimum atomic E-state index is -0.761. The fourth-order valence-corrected chi connectivity index (χ4v) is 3.28. The van der Waals surface area contributed by atoms with Gasteiger partial charge in [-0.1, -0.05) is 19.3 Å². The molecule has 18 heavy (non-hydrogen) atoms. The molecule has 1 aromatic heterocycles. The Hall–Kier alpha value is -1.34. The van der Waals surface area contributed by atoms with Gasteiger partial charge in [0.15, 0.2) is 0 Å². The van der Waals surface area contributed by atoms with Gasteiger partial charge in [0, 0.05) is 13.6 Å². The predicted molar refractivity (Wildman–Crippen MR) is 71.9 cm³/mol. The third-order valence-electron chi connectivity index (χ3n) is 3.68. The van der Waals surface area contributed by atoms with Crippen LogP contribution < -0.4 is 0 Å². The Kier molecular flexibility index (Phi) is 4.03. The lowest BCUT2D eigenvalue weighted by Crippen LogP contribution is -2.42. The topological polar surface area (TPSA) is 44.1 Å². The zero-order valence-corrected chi connectivity index (χ0v) is 11.5. The smallest absolute Gasteiger partial charge is 0.243 e. The molecular weight excluding hydrogens is 244 g/mol. The molecule has 1 saturated carbocycles. The lowest BCUT2D eigenvalue weighted by Gasteiger charge is -2.33. The molecule has 0 spiro atoms. The highest BCUT2D eigenvalue weighted by Crippen LogP contribution is 2.37. The van der Waals surface area contributed by atoms with Crippen LogP contribution >= 0.6 is 11.3 Å². The van der Waals surface area contributed by atoms with Crippen LogP contribution in [0, 0.1) is 16.7 Å². The van der Waals surface area contributed by atoms with Crippen molar-refractivity contribution in [2.24, 2.45) is 5.41 Å². The van der Waals surface area contributed by atoms with Crippen molar-refractivity contribution in [3.05, 3.63) is 22.4 Å². The van der Waals surface area contributed by atoms with E-state index in [1.54, 1.807) is 23.3 Å². The van der Waals surface area contributed by atoms with Gasteiger partial charge in [-0.15, -0.1) is 0 Å². The molecule has 96 valence electrons. The summed E-state index contributed by atoms with van der Waals surface area (Å²) < 4.78 is 0. The van der Waals surface area contributed by atoms with Crippen molar-refractivity contribution in [1.82, 2.24) is 4.90 Å². The summed E-state index contributed by atoms with van der Waals surface area (Å²) in [6, 6.07) is 4.31. The molecule has 2 rings (SSSR count). The van der Waals surface area contributed by atoms with Crippen molar-refractivity contribution in [1.29, 1.82) is 5.26 Å². The number of nitriles is 1. The average molecular weight is 262 g/mol. The van der Waals surface area contributed by atoms with E-state index in [0.717, 1.165) is 37.7 Å². The van der Waals surface area contributed by atoms with Crippen LogP contribution in [0.4, 0.5) is 0 Å². The molecule has 4 heteroatoms. The molecule has 3 nitrogen and oxygen atoms in total. The molecule has 0 N–H and O–H groups in total. The minimum Gasteiger partial charge on any atom is -0.340 e. The van der Waals surface area contributed by atoms with Gasteiger partial charge in [0.2, 0.25) is 5.91 Å². The van der Waals surface area contributed by atoms with E-state index in [1.165, 1.54) is 0 Å². The summed E-state index contributed by atoms with van der Waals surface area (Å²) in [5.74, 6) is -0.00380. The summed E-state index contributed by atoms with van der Waals surface area (Å²) in [5.41, 5.74) is 0.378. The van der Waals surface area contributed by atoms with Crippen molar-refractivity contribution in [2.45, 2.75) is 38.6 Å². The van der Waals surface area contributed by atoms with Crippen molar-refractivity contribution >= 4 is 17.2 Å². The maximum Gasteiger partial charge on any atom is 0.243 e. The molecule has 1 aliphatic rings. The normalized spacial score (nSPS) is 18.0. The number of rotatable bonds is 3.